The predicted octanol–water partition coefficient (Wildman–Crippen LogP) is 0.170. The van der Waals surface area contributed by atoms with E-state index in [1.54, 1.807) is 0 Å². The second-order valence-corrected chi connectivity index (χ2v) is 7.86. The van der Waals surface area contributed by atoms with E-state index < -0.39 is 19.1 Å². The zero-order valence-corrected chi connectivity index (χ0v) is 16.7. The van der Waals surface area contributed by atoms with E-state index in [2.05, 4.69) is 5.32 Å². The minimum absolute atomic E-state index is 0.0584. The molecule has 1 amide bonds. The molecule has 1 aromatic carbocycles. The molecule has 0 saturated heterocycles. The lowest BCUT2D eigenvalue weighted by molar-refractivity contribution is -0.146. The number of rotatable bonds is 10. The van der Waals surface area contributed by atoms with Crippen LogP contribution >= 0.6 is 0 Å². The van der Waals surface area contributed by atoms with Crippen molar-refractivity contribution in [1.82, 2.24) is 5.32 Å². The fourth-order valence-electron chi connectivity index (χ4n) is 3.69. The van der Waals surface area contributed by atoms with Gasteiger partial charge < -0.3 is 31.6 Å². The molecule has 9 heteroatoms. The Hall–Kier alpha value is -1.94. The molecule has 160 valence electrons. The molecular formula is C20H32BN3O5. The maximum atomic E-state index is 12.2. The lowest BCUT2D eigenvalue weighted by Crippen LogP contribution is -2.47. The van der Waals surface area contributed by atoms with Crippen molar-refractivity contribution in [2.24, 2.45) is 23.3 Å². The minimum atomic E-state index is -1.27. The number of hydrogen-bond donors (Lipinski definition) is 5. The summed E-state index contributed by atoms with van der Waals surface area (Å²) in [5.41, 5.74) is 12.9. The molecule has 4 atom stereocenters. The van der Waals surface area contributed by atoms with Crippen LogP contribution in [-0.4, -0.2) is 47.7 Å². The van der Waals surface area contributed by atoms with Gasteiger partial charge in [0, 0.05) is 12.6 Å². The molecule has 1 aliphatic carbocycles. The van der Waals surface area contributed by atoms with Gasteiger partial charge in [-0.3, -0.25) is 9.59 Å². The Morgan fingerprint density at radius 3 is 2.62 bits per heavy atom. The van der Waals surface area contributed by atoms with Crippen molar-refractivity contribution in [3.8, 4) is 0 Å². The van der Waals surface area contributed by atoms with E-state index in [4.69, 9.17) is 26.3 Å². The fourth-order valence-corrected chi connectivity index (χ4v) is 3.69. The van der Waals surface area contributed by atoms with Crippen molar-refractivity contribution in [2.75, 3.05) is 6.54 Å². The van der Waals surface area contributed by atoms with E-state index >= 15 is 0 Å². The molecule has 1 fully saturated rings. The highest BCUT2D eigenvalue weighted by Gasteiger charge is 2.29. The SMILES string of the molecule is N[C@@H]1C[C@H](CCB(O)O)CC[C@H]1CNC(=O)[C@@H](N)CC(=O)OCc1ccccc1. The number of hydrogen-bond acceptors (Lipinski definition) is 7. The van der Waals surface area contributed by atoms with E-state index in [9.17, 15) is 9.59 Å². The summed E-state index contributed by atoms with van der Waals surface area (Å²) in [6.45, 7) is 0.571. The van der Waals surface area contributed by atoms with Gasteiger partial charge in [-0.05, 0) is 36.6 Å². The Balaban J connectivity index is 1.65. The lowest BCUT2D eigenvalue weighted by atomic mass is 9.72. The molecule has 1 aromatic rings. The van der Waals surface area contributed by atoms with Crippen molar-refractivity contribution in [1.29, 1.82) is 0 Å². The molecule has 0 heterocycles. The van der Waals surface area contributed by atoms with Gasteiger partial charge in [0.15, 0.2) is 0 Å². The van der Waals surface area contributed by atoms with Gasteiger partial charge in [-0.25, -0.2) is 0 Å². The Bertz CT molecular complexity index is 646. The maximum Gasteiger partial charge on any atom is 0.451 e. The van der Waals surface area contributed by atoms with Crippen LogP contribution in [0.5, 0.6) is 0 Å². The van der Waals surface area contributed by atoms with E-state index in [0.717, 1.165) is 31.2 Å². The number of nitrogens with one attached hydrogen (secondary N) is 1. The van der Waals surface area contributed by atoms with Crippen LogP contribution in [0.25, 0.3) is 0 Å². The van der Waals surface area contributed by atoms with Gasteiger partial charge in [-0.1, -0.05) is 43.2 Å². The number of benzene rings is 1. The summed E-state index contributed by atoms with van der Waals surface area (Å²) in [6, 6.07) is 8.28. The van der Waals surface area contributed by atoms with Crippen molar-refractivity contribution in [3.05, 3.63) is 35.9 Å². The van der Waals surface area contributed by atoms with Gasteiger partial charge in [-0.15, -0.1) is 0 Å². The first kappa shape index (κ1) is 23.3. The standard InChI is InChI=1S/C20H32BN3O5/c22-17-10-14(8-9-21(27)28)6-7-16(17)12-24-20(26)18(23)11-19(25)29-13-15-4-2-1-3-5-15/h1-5,14,16-18,27-28H,6-13,22-23H2,(H,24,26)/t14-,16-,17+,18-/m0/s1. The third-order valence-electron chi connectivity index (χ3n) is 5.49. The minimum Gasteiger partial charge on any atom is -0.461 e. The molecule has 29 heavy (non-hydrogen) atoms. The molecule has 8 nitrogen and oxygen atoms in total. The second kappa shape index (κ2) is 11.9. The highest BCUT2D eigenvalue weighted by Crippen LogP contribution is 2.31. The molecule has 2 rings (SSSR count). The van der Waals surface area contributed by atoms with E-state index in [1.807, 2.05) is 30.3 Å². The van der Waals surface area contributed by atoms with Gasteiger partial charge in [0.2, 0.25) is 5.91 Å². The highest BCUT2D eigenvalue weighted by atomic mass is 16.5. The Kier molecular flexibility index (Phi) is 9.60. The van der Waals surface area contributed by atoms with Gasteiger partial charge in [0.1, 0.15) is 6.61 Å². The Morgan fingerprint density at radius 2 is 1.97 bits per heavy atom. The smallest absolute Gasteiger partial charge is 0.451 e. The summed E-state index contributed by atoms with van der Waals surface area (Å²) in [7, 11) is -1.27. The highest BCUT2D eigenvalue weighted by molar-refractivity contribution is 6.40. The third-order valence-corrected chi connectivity index (χ3v) is 5.49. The summed E-state index contributed by atoms with van der Waals surface area (Å²) in [6.07, 6.45) is 3.52. The molecule has 0 aliphatic heterocycles. The summed E-state index contributed by atoms with van der Waals surface area (Å²) in [5, 5.41) is 20.8. The van der Waals surface area contributed by atoms with Gasteiger partial charge in [0.25, 0.3) is 0 Å². The summed E-state index contributed by atoms with van der Waals surface area (Å²) in [4.78, 5) is 24.1. The lowest BCUT2D eigenvalue weighted by Gasteiger charge is -2.34. The Morgan fingerprint density at radius 1 is 1.24 bits per heavy atom. The van der Waals surface area contributed by atoms with Crippen LogP contribution in [0.2, 0.25) is 6.32 Å². The topological polar surface area (TPSA) is 148 Å². The van der Waals surface area contributed by atoms with Gasteiger partial charge in [-0.2, -0.15) is 0 Å². The van der Waals surface area contributed by atoms with Crippen LogP contribution in [0.3, 0.4) is 0 Å². The average molecular weight is 405 g/mol. The van der Waals surface area contributed by atoms with Crippen LogP contribution in [0.1, 0.15) is 37.7 Å². The molecule has 0 bridgehead atoms. The molecule has 7 N–H and O–H groups in total. The first-order valence-corrected chi connectivity index (χ1v) is 10.2. The van der Waals surface area contributed by atoms with E-state index in [-0.39, 0.29) is 30.9 Å². The van der Waals surface area contributed by atoms with E-state index in [1.165, 1.54) is 0 Å². The van der Waals surface area contributed by atoms with Crippen molar-refractivity contribution < 1.29 is 24.4 Å². The van der Waals surface area contributed by atoms with Crippen LogP contribution in [0, 0.1) is 11.8 Å². The summed E-state index contributed by atoms with van der Waals surface area (Å²) in [5.74, 6) is -0.383. The van der Waals surface area contributed by atoms with Gasteiger partial charge >= 0.3 is 13.1 Å². The van der Waals surface area contributed by atoms with Gasteiger partial charge in [0.05, 0.1) is 12.5 Å². The second-order valence-electron chi connectivity index (χ2n) is 7.86. The number of nitrogens with two attached hydrogens (primary N) is 2. The molecule has 0 aromatic heterocycles. The van der Waals surface area contributed by atoms with Crippen molar-refractivity contribution in [3.63, 3.8) is 0 Å². The average Bonchev–Trinajstić information content (AvgIpc) is 2.70. The van der Waals surface area contributed by atoms with Crippen molar-refractivity contribution >= 4 is 19.0 Å². The number of ether oxygens (including phenoxy) is 1. The van der Waals surface area contributed by atoms with E-state index in [0.29, 0.717) is 18.8 Å². The zero-order chi connectivity index (χ0) is 21.2. The largest absolute Gasteiger partial charge is 0.461 e. The molecule has 0 unspecified atom stereocenters. The van der Waals surface area contributed by atoms with Crippen molar-refractivity contribution in [2.45, 2.75) is 57.1 Å². The van der Waals surface area contributed by atoms with Crippen LogP contribution in [0.15, 0.2) is 30.3 Å². The number of carbonyl (C=O) groups excluding carboxylic acids is 2. The Labute approximate surface area is 172 Å². The molecule has 1 aliphatic rings. The molecule has 0 radical (unpaired) electrons. The number of amides is 1. The van der Waals surface area contributed by atoms with Crippen LogP contribution in [-0.2, 0) is 20.9 Å². The normalized spacial score (nSPS) is 22.6. The fraction of sp³-hybridized carbons (Fsp3) is 0.600. The molecule has 0 spiro atoms. The maximum absolute atomic E-state index is 12.2. The van der Waals surface area contributed by atoms with Crippen LogP contribution in [0.4, 0.5) is 0 Å². The van der Waals surface area contributed by atoms with Crippen LogP contribution < -0.4 is 16.8 Å². The number of carbonyl (C=O) groups is 2. The molecule has 1 saturated carbocycles. The first-order valence-electron chi connectivity index (χ1n) is 10.2. The summed E-state index contributed by atoms with van der Waals surface area (Å²) < 4.78 is 5.16. The predicted molar refractivity (Wildman–Crippen MR) is 110 cm³/mol. The number of esters is 1. The molecular weight excluding hydrogens is 373 g/mol. The summed E-state index contributed by atoms with van der Waals surface area (Å²) >= 11 is 0. The monoisotopic (exact) mass is 405 g/mol. The quantitative estimate of drug-likeness (QED) is 0.275. The zero-order valence-electron chi connectivity index (χ0n) is 16.7. The third kappa shape index (κ3) is 8.53. The first-order chi connectivity index (χ1) is 13.8.